The van der Waals surface area contributed by atoms with Crippen LogP contribution in [-0.2, 0) is 13.1 Å². The number of aryl methyl sites for hydroxylation is 1. The van der Waals surface area contributed by atoms with Gasteiger partial charge in [-0.2, -0.15) is 5.10 Å². The van der Waals surface area contributed by atoms with E-state index in [-0.39, 0.29) is 0 Å². The van der Waals surface area contributed by atoms with Crippen LogP contribution in [0.25, 0.3) is 0 Å². The minimum atomic E-state index is 0.351. The SMILES string of the molecule is Cc1nc(CNC(C)Cn2cncn2)cs1. The minimum Gasteiger partial charge on any atom is -0.307 e. The number of nitrogens with zero attached hydrogens (tertiary/aromatic N) is 4. The molecule has 16 heavy (non-hydrogen) atoms. The van der Waals surface area contributed by atoms with E-state index in [4.69, 9.17) is 0 Å². The summed E-state index contributed by atoms with van der Waals surface area (Å²) in [5.41, 5.74) is 1.10. The molecule has 0 saturated carbocycles. The monoisotopic (exact) mass is 237 g/mol. The van der Waals surface area contributed by atoms with Crippen LogP contribution >= 0.6 is 11.3 Å². The van der Waals surface area contributed by atoms with Crippen molar-refractivity contribution in [2.24, 2.45) is 0 Å². The summed E-state index contributed by atoms with van der Waals surface area (Å²) in [6.07, 6.45) is 3.28. The Morgan fingerprint density at radius 3 is 3.06 bits per heavy atom. The molecule has 1 N–H and O–H groups in total. The molecule has 86 valence electrons. The van der Waals surface area contributed by atoms with E-state index in [1.807, 2.05) is 11.6 Å². The molecule has 6 heteroatoms. The number of aromatic nitrogens is 4. The number of nitrogens with one attached hydrogen (secondary N) is 1. The molecule has 2 rings (SSSR count). The van der Waals surface area contributed by atoms with E-state index in [1.165, 1.54) is 0 Å². The average Bonchev–Trinajstić information content (AvgIpc) is 2.87. The van der Waals surface area contributed by atoms with Crippen LogP contribution in [0.15, 0.2) is 18.0 Å². The predicted octanol–water partition coefficient (Wildman–Crippen LogP) is 1.22. The van der Waals surface area contributed by atoms with Crippen LogP contribution in [0, 0.1) is 6.92 Å². The molecular formula is C10H15N5S. The Hall–Kier alpha value is -1.27. The number of rotatable bonds is 5. The molecule has 0 saturated heterocycles. The summed E-state index contributed by atoms with van der Waals surface area (Å²) in [5, 5.41) is 10.7. The van der Waals surface area contributed by atoms with Crippen LogP contribution in [0.2, 0.25) is 0 Å². The minimum absolute atomic E-state index is 0.351. The first-order valence-corrected chi connectivity index (χ1v) is 6.09. The van der Waals surface area contributed by atoms with E-state index >= 15 is 0 Å². The fraction of sp³-hybridized carbons (Fsp3) is 0.500. The molecule has 0 bridgehead atoms. The second kappa shape index (κ2) is 5.18. The second-order valence-corrected chi connectivity index (χ2v) is 4.82. The van der Waals surface area contributed by atoms with Crippen molar-refractivity contribution in [2.45, 2.75) is 33.0 Å². The predicted molar refractivity (Wildman–Crippen MR) is 63.2 cm³/mol. The Morgan fingerprint density at radius 2 is 2.44 bits per heavy atom. The van der Waals surface area contributed by atoms with Gasteiger partial charge in [-0.05, 0) is 13.8 Å². The molecule has 0 aliphatic carbocycles. The maximum absolute atomic E-state index is 4.40. The third-order valence-corrected chi connectivity index (χ3v) is 3.05. The normalized spacial score (nSPS) is 12.9. The van der Waals surface area contributed by atoms with Gasteiger partial charge < -0.3 is 5.32 Å². The lowest BCUT2D eigenvalue weighted by Crippen LogP contribution is -2.30. The first-order chi connectivity index (χ1) is 7.74. The summed E-state index contributed by atoms with van der Waals surface area (Å²) in [5.74, 6) is 0. The van der Waals surface area contributed by atoms with Gasteiger partial charge >= 0.3 is 0 Å². The van der Waals surface area contributed by atoms with E-state index in [2.05, 4.69) is 32.7 Å². The molecule has 5 nitrogen and oxygen atoms in total. The van der Waals surface area contributed by atoms with E-state index in [0.717, 1.165) is 23.8 Å². The van der Waals surface area contributed by atoms with Crippen molar-refractivity contribution in [3.63, 3.8) is 0 Å². The standard InChI is InChI=1S/C10H15N5S/c1-8(4-15-7-11-6-13-15)12-3-10-5-16-9(2)14-10/h5-8,12H,3-4H2,1-2H3. The smallest absolute Gasteiger partial charge is 0.137 e. The lowest BCUT2D eigenvalue weighted by Gasteiger charge is -2.12. The Bertz CT molecular complexity index is 422. The molecule has 0 aliphatic heterocycles. The quantitative estimate of drug-likeness (QED) is 0.849. The third-order valence-electron chi connectivity index (χ3n) is 2.23. The maximum Gasteiger partial charge on any atom is 0.137 e. The summed E-state index contributed by atoms with van der Waals surface area (Å²) < 4.78 is 1.82. The maximum atomic E-state index is 4.40. The van der Waals surface area contributed by atoms with E-state index in [9.17, 15) is 0 Å². The molecule has 0 fully saturated rings. The van der Waals surface area contributed by atoms with Crippen molar-refractivity contribution in [2.75, 3.05) is 0 Å². The molecule has 0 aromatic carbocycles. The fourth-order valence-corrected chi connectivity index (χ4v) is 2.05. The lowest BCUT2D eigenvalue weighted by molar-refractivity contribution is 0.448. The Kier molecular flexibility index (Phi) is 3.63. The zero-order valence-electron chi connectivity index (χ0n) is 9.42. The average molecular weight is 237 g/mol. The summed E-state index contributed by atoms with van der Waals surface area (Å²) in [4.78, 5) is 8.31. The van der Waals surface area contributed by atoms with Gasteiger partial charge in [0.1, 0.15) is 12.7 Å². The highest BCUT2D eigenvalue weighted by Crippen LogP contribution is 2.07. The largest absolute Gasteiger partial charge is 0.307 e. The molecule has 0 amide bonds. The zero-order valence-corrected chi connectivity index (χ0v) is 10.2. The Labute approximate surface area is 98.5 Å². The van der Waals surface area contributed by atoms with Crippen molar-refractivity contribution in [1.82, 2.24) is 25.1 Å². The molecule has 2 aromatic heterocycles. The van der Waals surface area contributed by atoms with E-state index in [1.54, 1.807) is 24.0 Å². The summed E-state index contributed by atoms with van der Waals surface area (Å²) in [6.45, 7) is 5.78. The molecule has 2 heterocycles. The van der Waals surface area contributed by atoms with Crippen LogP contribution < -0.4 is 5.32 Å². The Morgan fingerprint density at radius 1 is 1.56 bits per heavy atom. The number of hydrogen-bond acceptors (Lipinski definition) is 5. The highest BCUT2D eigenvalue weighted by atomic mass is 32.1. The second-order valence-electron chi connectivity index (χ2n) is 3.76. The molecule has 1 atom stereocenters. The van der Waals surface area contributed by atoms with Crippen molar-refractivity contribution in [1.29, 1.82) is 0 Å². The summed E-state index contributed by atoms with van der Waals surface area (Å²) in [6, 6.07) is 0.351. The molecule has 2 aromatic rings. The Balaban J connectivity index is 1.77. The molecule has 0 aliphatic rings. The lowest BCUT2D eigenvalue weighted by atomic mass is 10.3. The van der Waals surface area contributed by atoms with Gasteiger partial charge in [0.05, 0.1) is 17.2 Å². The highest BCUT2D eigenvalue weighted by Gasteiger charge is 2.04. The van der Waals surface area contributed by atoms with Crippen molar-refractivity contribution in [3.8, 4) is 0 Å². The molecular weight excluding hydrogens is 222 g/mol. The van der Waals surface area contributed by atoms with Crippen LogP contribution in [0.5, 0.6) is 0 Å². The van der Waals surface area contributed by atoms with E-state index in [0.29, 0.717) is 6.04 Å². The molecule has 0 spiro atoms. The van der Waals surface area contributed by atoms with Gasteiger partial charge in [-0.25, -0.2) is 9.97 Å². The highest BCUT2D eigenvalue weighted by molar-refractivity contribution is 7.09. The van der Waals surface area contributed by atoms with Crippen LogP contribution in [0.3, 0.4) is 0 Å². The van der Waals surface area contributed by atoms with Gasteiger partial charge in [0, 0.05) is 18.0 Å². The number of hydrogen-bond donors (Lipinski definition) is 1. The van der Waals surface area contributed by atoms with Crippen LogP contribution in [0.4, 0.5) is 0 Å². The van der Waals surface area contributed by atoms with Crippen LogP contribution in [0.1, 0.15) is 17.6 Å². The third kappa shape index (κ3) is 3.11. The summed E-state index contributed by atoms with van der Waals surface area (Å²) >= 11 is 1.68. The summed E-state index contributed by atoms with van der Waals surface area (Å²) in [7, 11) is 0. The van der Waals surface area contributed by atoms with Gasteiger partial charge in [0.2, 0.25) is 0 Å². The first kappa shape index (κ1) is 11.2. The van der Waals surface area contributed by atoms with Crippen LogP contribution in [-0.4, -0.2) is 25.8 Å². The fourth-order valence-electron chi connectivity index (χ4n) is 1.44. The van der Waals surface area contributed by atoms with Crippen molar-refractivity contribution >= 4 is 11.3 Å². The first-order valence-electron chi connectivity index (χ1n) is 5.21. The topological polar surface area (TPSA) is 55.6 Å². The van der Waals surface area contributed by atoms with Gasteiger partial charge in [-0.3, -0.25) is 4.68 Å². The molecule has 1 unspecified atom stereocenters. The zero-order chi connectivity index (χ0) is 11.4. The molecule has 0 radical (unpaired) electrons. The van der Waals surface area contributed by atoms with Gasteiger partial charge in [-0.15, -0.1) is 11.3 Å². The number of thiazole rings is 1. The van der Waals surface area contributed by atoms with Gasteiger partial charge in [0.15, 0.2) is 0 Å². The van der Waals surface area contributed by atoms with Crippen molar-refractivity contribution in [3.05, 3.63) is 28.7 Å². The van der Waals surface area contributed by atoms with Gasteiger partial charge in [0.25, 0.3) is 0 Å². The van der Waals surface area contributed by atoms with Gasteiger partial charge in [-0.1, -0.05) is 0 Å². The van der Waals surface area contributed by atoms with Crippen molar-refractivity contribution < 1.29 is 0 Å². The van der Waals surface area contributed by atoms with E-state index < -0.39 is 0 Å².